The molecule has 196 valence electrons. The number of aliphatic hydroxyl groups excluding tert-OH is 1. The van der Waals surface area contributed by atoms with Crippen molar-refractivity contribution in [2.75, 3.05) is 25.0 Å². The number of likely N-dealkylation sites (tertiary alicyclic amines) is 1. The van der Waals surface area contributed by atoms with E-state index in [1.807, 2.05) is 13.2 Å². The second-order valence-corrected chi connectivity index (χ2v) is 9.60. The van der Waals surface area contributed by atoms with Crippen LogP contribution in [-0.4, -0.2) is 68.6 Å². The summed E-state index contributed by atoms with van der Waals surface area (Å²) in [5, 5.41) is 25.8. The highest BCUT2D eigenvalue weighted by molar-refractivity contribution is 5.95. The molecule has 0 unspecified atom stereocenters. The molecule has 10 nitrogen and oxygen atoms in total. The van der Waals surface area contributed by atoms with Crippen molar-refractivity contribution in [1.29, 1.82) is 5.26 Å². The van der Waals surface area contributed by atoms with Crippen molar-refractivity contribution < 1.29 is 23.8 Å². The average Bonchev–Trinajstić information content (AvgIpc) is 3.62. The molecule has 1 saturated carbocycles. The number of halogens is 1. The zero-order valence-electron chi connectivity index (χ0n) is 20.7. The first-order valence-corrected chi connectivity index (χ1v) is 12.4. The van der Waals surface area contributed by atoms with Gasteiger partial charge in [-0.05, 0) is 48.2 Å². The summed E-state index contributed by atoms with van der Waals surface area (Å²) in [5.74, 6) is -0.285. The van der Waals surface area contributed by atoms with Crippen LogP contribution in [0, 0.1) is 17.2 Å². The van der Waals surface area contributed by atoms with E-state index in [4.69, 9.17) is 9.84 Å². The molecule has 2 fully saturated rings. The van der Waals surface area contributed by atoms with Gasteiger partial charge in [0, 0.05) is 49.6 Å². The van der Waals surface area contributed by atoms with Gasteiger partial charge in [-0.1, -0.05) is 0 Å². The monoisotopic (exact) mass is 518 g/mol. The van der Waals surface area contributed by atoms with E-state index in [2.05, 4.69) is 21.5 Å². The fraction of sp³-hybridized carbons (Fsp3) is 0.370. The molecular formula is C27H27FN6O4. The molecule has 2 aromatic heterocycles. The van der Waals surface area contributed by atoms with E-state index in [1.165, 1.54) is 4.90 Å². The molecule has 38 heavy (non-hydrogen) atoms. The molecule has 3 heterocycles. The molecule has 2 N–H and O–H groups in total. The number of ether oxygens (including phenoxy) is 1. The second kappa shape index (κ2) is 10.6. The van der Waals surface area contributed by atoms with E-state index in [0.29, 0.717) is 16.9 Å². The van der Waals surface area contributed by atoms with Crippen molar-refractivity contribution in [2.45, 2.75) is 31.0 Å². The largest absolute Gasteiger partial charge is 0.486 e. The van der Waals surface area contributed by atoms with Gasteiger partial charge in [0.25, 0.3) is 0 Å². The van der Waals surface area contributed by atoms with E-state index >= 15 is 0 Å². The fourth-order valence-electron chi connectivity index (χ4n) is 4.77. The van der Waals surface area contributed by atoms with Crippen molar-refractivity contribution in [3.63, 3.8) is 0 Å². The Hall–Kier alpha value is -4.30. The van der Waals surface area contributed by atoms with E-state index in [-0.39, 0.29) is 48.6 Å². The number of piperidine rings is 1. The molecule has 0 bridgehead atoms. The van der Waals surface area contributed by atoms with E-state index in [9.17, 15) is 19.2 Å². The highest BCUT2D eigenvalue weighted by Crippen LogP contribution is 2.47. The Kier molecular flexibility index (Phi) is 7.07. The minimum absolute atomic E-state index is 0.0648. The molecule has 1 aromatic carbocycles. The number of rotatable bonds is 7. The van der Waals surface area contributed by atoms with E-state index in [1.54, 1.807) is 47.4 Å². The molecule has 5 rings (SSSR count). The molecule has 1 aliphatic carbocycles. The van der Waals surface area contributed by atoms with Crippen LogP contribution >= 0.6 is 0 Å². The molecule has 1 aliphatic heterocycles. The Morgan fingerprint density at radius 1 is 1.32 bits per heavy atom. The number of anilines is 1. The van der Waals surface area contributed by atoms with Crippen LogP contribution < -0.4 is 10.1 Å². The average molecular weight is 519 g/mol. The number of benzene rings is 1. The van der Waals surface area contributed by atoms with Gasteiger partial charge in [0.15, 0.2) is 6.17 Å². The number of aliphatic hydroxyl groups is 1. The summed E-state index contributed by atoms with van der Waals surface area (Å²) in [4.78, 5) is 30.0. The van der Waals surface area contributed by atoms with Crippen LogP contribution in [0.4, 0.5) is 10.1 Å². The van der Waals surface area contributed by atoms with Crippen LogP contribution in [0.25, 0.3) is 11.3 Å². The summed E-state index contributed by atoms with van der Waals surface area (Å²) in [6.45, 7) is -0.573. The standard InChI is InChI=1S/C27H27FN6O4/c1-33-13-18(12-31-33)20-10-21(20)27(37)32-19-4-6-30-23(9-19)16-2-3-24(17(8-16)11-29)38-25-5-7-34(14-22(25)28)26(36)15-35/h2-4,6,8-9,12-13,20-22,25,35H,5,7,10,14-15H2,1H3,(H,30,32,37)/t20-,21+,22+,25-/m0/s1. The van der Waals surface area contributed by atoms with Gasteiger partial charge < -0.3 is 20.1 Å². The summed E-state index contributed by atoms with van der Waals surface area (Å²) >= 11 is 0. The van der Waals surface area contributed by atoms with E-state index in [0.717, 1.165) is 12.0 Å². The van der Waals surface area contributed by atoms with Gasteiger partial charge in [-0.25, -0.2) is 4.39 Å². The quantitative estimate of drug-likeness (QED) is 0.491. The van der Waals surface area contributed by atoms with Crippen LogP contribution in [0.1, 0.15) is 29.9 Å². The minimum atomic E-state index is -1.45. The summed E-state index contributed by atoms with van der Waals surface area (Å²) < 4.78 is 22.2. The number of carbonyl (C=O) groups is 2. The molecular weight excluding hydrogens is 491 g/mol. The number of carbonyl (C=O) groups excluding carboxylic acids is 2. The third-order valence-corrected chi connectivity index (χ3v) is 6.95. The number of aryl methyl sites for hydroxylation is 1. The number of hydrogen-bond acceptors (Lipinski definition) is 7. The highest BCUT2D eigenvalue weighted by Gasteiger charge is 2.44. The predicted octanol–water partition coefficient (Wildman–Crippen LogP) is 2.41. The number of nitrogens with one attached hydrogen (secondary N) is 1. The number of pyridine rings is 1. The summed E-state index contributed by atoms with van der Waals surface area (Å²) in [5.41, 5.74) is 3.07. The molecule has 3 aromatic rings. The summed E-state index contributed by atoms with van der Waals surface area (Å²) in [7, 11) is 1.85. The number of aromatic nitrogens is 3. The van der Waals surface area contributed by atoms with Gasteiger partial charge in [0.2, 0.25) is 11.8 Å². The number of alkyl halides is 1. The second-order valence-electron chi connectivity index (χ2n) is 9.60. The smallest absolute Gasteiger partial charge is 0.248 e. The van der Waals surface area contributed by atoms with Crippen LogP contribution in [0.5, 0.6) is 5.75 Å². The molecule has 2 aliphatic rings. The van der Waals surface area contributed by atoms with Gasteiger partial charge in [0.05, 0.1) is 24.0 Å². The number of amides is 2. The number of hydrogen-bond donors (Lipinski definition) is 2. The van der Waals surface area contributed by atoms with Crippen molar-refractivity contribution in [2.24, 2.45) is 13.0 Å². The van der Waals surface area contributed by atoms with Gasteiger partial charge in [-0.3, -0.25) is 19.3 Å². The molecule has 4 atom stereocenters. The van der Waals surface area contributed by atoms with Crippen molar-refractivity contribution >= 4 is 17.5 Å². The first-order chi connectivity index (χ1) is 18.4. The number of nitriles is 1. The maximum absolute atomic E-state index is 14.7. The molecule has 0 radical (unpaired) electrons. The Morgan fingerprint density at radius 2 is 2.16 bits per heavy atom. The Labute approximate surface area is 218 Å². The first-order valence-electron chi connectivity index (χ1n) is 12.4. The van der Waals surface area contributed by atoms with Gasteiger partial charge in [-0.15, -0.1) is 0 Å². The molecule has 0 spiro atoms. The normalized spacial score (nSPS) is 22.4. The lowest BCUT2D eigenvalue weighted by molar-refractivity contribution is -0.138. The van der Waals surface area contributed by atoms with Gasteiger partial charge in [-0.2, -0.15) is 10.4 Å². The van der Waals surface area contributed by atoms with Crippen molar-refractivity contribution in [1.82, 2.24) is 19.7 Å². The third kappa shape index (κ3) is 5.35. The minimum Gasteiger partial charge on any atom is -0.486 e. The Bertz CT molecular complexity index is 1400. The van der Waals surface area contributed by atoms with Crippen LogP contribution in [0.2, 0.25) is 0 Å². The fourth-order valence-corrected chi connectivity index (χ4v) is 4.77. The topological polar surface area (TPSA) is 133 Å². The zero-order valence-corrected chi connectivity index (χ0v) is 20.7. The lowest BCUT2D eigenvalue weighted by Crippen LogP contribution is -2.50. The van der Waals surface area contributed by atoms with Crippen LogP contribution in [-0.2, 0) is 16.6 Å². The van der Waals surface area contributed by atoms with Crippen LogP contribution in [0.15, 0.2) is 48.9 Å². The lowest BCUT2D eigenvalue weighted by Gasteiger charge is -2.34. The molecule has 2 amide bonds. The SMILES string of the molecule is Cn1cc([C@@H]2C[C@H]2C(=O)Nc2ccnc(-c3ccc(O[C@H]4CCN(C(=O)CO)C[C@H]4F)c(C#N)c3)c2)cn1. The first kappa shape index (κ1) is 25.4. The zero-order chi connectivity index (χ0) is 26.8. The van der Waals surface area contributed by atoms with Crippen molar-refractivity contribution in [3.05, 3.63) is 60.0 Å². The molecule has 11 heteroatoms. The predicted molar refractivity (Wildman–Crippen MR) is 135 cm³/mol. The highest BCUT2D eigenvalue weighted by atomic mass is 19.1. The Balaban J connectivity index is 1.25. The molecule has 1 saturated heterocycles. The van der Waals surface area contributed by atoms with Gasteiger partial charge >= 0.3 is 0 Å². The Morgan fingerprint density at radius 3 is 2.87 bits per heavy atom. The lowest BCUT2D eigenvalue weighted by atomic mass is 10.0. The van der Waals surface area contributed by atoms with E-state index < -0.39 is 24.8 Å². The summed E-state index contributed by atoms with van der Waals surface area (Å²) in [6, 6.07) is 10.5. The maximum atomic E-state index is 14.7. The summed E-state index contributed by atoms with van der Waals surface area (Å²) in [6.07, 6.45) is 4.06. The maximum Gasteiger partial charge on any atom is 0.248 e. The van der Waals surface area contributed by atoms with Crippen molar-refractivity contribution in [3.8, 4) is 23.1 Å². The van der Waals surface area contributed by atoms with Gasteiger partial charge in [0.1, 0.15) is 24.5 Å². The van der Waals surface area contributed by atoms with Crippen LogP contribution in [0.3, 0.4) is 0 Å². The third-order valence-electron chi connectivity index (χ3n) is 6.95. The number of nitrogens with zero attached hydrogens (tertiary/aromatic N) is 5.